The zero-order valence-corrected chi connectivity index (χ0v) is 48.5. The lowest BCUT2D eigenvalue weighted by Crippen LogP contribution is -2.33. The smallest absolute Gasteiger partial charge is 0.308 e. The molecule has 0 saturated carbocycles. The third kappa shape index (κ3) is 15.4. The van der Waals surface area contributed by atoms with Gasteiger partial charge in [0.15, 0.2) is 0 Å². The van der Waals surface area contributed by atoms with Gasteiger partial charge in [-0.25, -0.2) is 8.78 Å². The SMILES string of the molecule is CC(C)c1c(C(=O)Nc2ccccc2)c(-c2ccccc2)c(-c2ccc(F)cc2)n1CCC1C[C@@H](O)CC(=O)O1.CC(C)c1c(C(=O)Nc2ccccc2)c(-c2ccccc2)c(-c2ccc(F)cc2)n1CC[C@@H](O)C[C@@H](O)CC(=O)O.I. The number of hydrogen-bond acceptors (Lipinski definition) is 8. The lowest BCUT2D eigenvalue weighted by molar-refractivity contribution is -0.160. The molecule has 1 saturated heterocycles. The maximum absolute atomic E-state index is 14.1. The molecule has 1 aliphatic heterocycles. The van der Waals surface area contributed by atoms with E-state index in [2.05, 4.69) is 15.2 Å². The summed E-state index contributed by atoms with van der Waals surface area (Å²) in [4.78, 5) is 51.1. The second-order valence-electron chi connectivity index (χ2n) is 20.9. The van der Waals surface area contributed by atoms with Crippen LogP contribution in [-0.4, -0.2) is 77.7 Å². The molecule has 16 heteroatoms. The standard InChI is InChI=1S/C33H35FN2O5.C33H33FN2O4.HI/c1-21(2)31-30(33(41)35-25-11-7-4-8-12-25)29(22-9-5-3-6-10-22)32(23-13-15-24(34)16-14-23)36(31)18-17-26(37)19-27(38)20-28(39)40;1-21(2)31-30(33(39)35-25-11-7-4-8-12-25)29(22-9-5-3-6-10-22)32(23-13-15-24(34)16-14-23)36(31)18-17-27-19-26(37)20-28(38)40-27;/h3-16,21,26-27,37-38H,17-20H2,1-2H3,(H,35,41)(H,39,40);3-16,21,26-27,37H,17-20H2,1-2H3,(H,35,39);1H/t26-,27-;26-,27?;/m11./s1. The topological polar surface area (TPSA) is 192 Å². The van der Waals surface area contributed by atoms with Crippen LogP contribution < -0.4 is 10.6 Å². The molecule has 82 heavy (non-hydrogen) atoms. The van der Waals surface area contributed by atoms with Gasteiger partial charge in [0.2, 0.25) is 0 Å². The first-order valence-electron chi connectivity index (χ1n) is 27.3. The number of esters is 1. The van der Waals surface area contributed by atoms with E-state index in [0.717, 1.165) is 39.3 Å². The number of nitrogens with one attached hydrogen (secondary N) is 2. The molecule has 2 aromatic heterocycles. The van der Waals surface area contributed by atoms with E-state index in [-0.39, 0.29) is 85.1 Å². The van der Waals surface area contributed by atoms with Gasteiger partial charge in [-0.15, -0.1) is 24.0 Å². The Morgan fingerprint density at radius 2 is 0.988 bits per heavy atom. The monoisotopic (exact) mass is 1230 g/mol. The molecule has 8 aromatic rings. The summed E-state index contributed by atoms with van der Waals surface area (Å²) in [6, 6.07) is 50.1. The number of cyclic esters (lactones) is 1. The van der Waals surface area contributed by atoms with E-state index in [4.69, 9.17) is 9.84 Å². The molecule has 0 aliphatic carbocycles. The van der Waals surface area contributed by atoms with Crippen LogP contribution >= 0.6 is 24.0 Å². The van der Waals surface area contributed by atoms with Crippen molar-refractivity contribution < 1.29 is 53.1 Å². The van der Waals surface area contributed by atoms with Crippen LogP contribution in [0.4, 0.5) is 20.2 Å². The van der Waals surface area contributed by atoms with Gasteiger partial charge in [-0.2, -0.15) is 0 Å². The van der Waals surface area contributed by atoms with Crippen molar-refractivity contribution in [2.45, 2.75) is 116 Å². The predicted molar refractivity (Wildman–Crippen MR) is 326 cm³/mol. The van der Waals surface area contributed by atoms with Gasteiger partial charge in [0.25, 0.3) is 11.8 Å². The number of aliphatic carboxylic acids is 1. The van der Waals surface area contributed by atoms with Gasteiger partial charge in [0.05, 0.1) is 53.7 Å². The number of amides is 2. The normalized spacial score (nSPS) is 14.7. The van der Waals surface area contributed by atoms with Gasteiger partial charge >= 0.3 is 11.9 Å². The van der Waals surface area contributed by atoms with Gasteiger partial charge in [-0.05, 0) is 120 Å². The van der Waals surface area contributed by atoms with E-state index in [0.29, 0.717) is 58.7 Å². The molecule has 6 N–H and O–H groups in total. The summed E-state index contributed by atoms with van der Waals surface area (Å²) in [6.07, 6.45) is -2.86. The highest BCUT2D eigenvalue weighted by molar-refractivity contribution is 14.0. The minimum atomic E-state index is -1.18. The molecule has 0 bridgehead atoms. The van der Waals surface area contributed by atoms with Crippen LogP contribution in [0.1, 0.15) is 110 Å². The molecule has 2 amide bonds. The number of aliphatic hydroxyl groups excluding tert-OH is 3. The first kappa shape index (κ1) is 61.8. The second kappa shape index (κ2) is 28.8. The van der Waals surface area contributed by atoms with Crippen molar-refractivity contribution in [3.05, 3.63) is 204 Å². The maximum atomic E-state index is 14.1. The van der Waals surface area contributed by atoms with Crippen LogP contribution in [0.5, 0.6) is 0 Å². The van der Waals surface area contributed by atoms with E-state index >= 15 is 0 Å². The third-order valence-electron chi connectivity index (χ3n) is 14.1. The van der Waals surface area contributed by atoms with Crippen LogP contribution in [-0.2, 0) is 27.4 Å². The number of carboxylic acids is 1. The Bertz CT molecular complexity index is 3410. The summed E-state index contributed by atoms with van der Waals surface area (Å²) in [6.45, 7) is 8.77. The summed E-state index contributed by atoms with van der Waals surface area (Å²) in [5.74, 6) is -2.98. The molecule has 4 atom stereocenters. The number of benzene rings is 6. The number of aromatic nitrogens is 2. The van der Waals surface area contributed by atoms with Gasteiger partial charge < -0.3 is 44.9 Å². The minimum Gasteiger partial charge on any atom is -0.481 e. The van der Waals surface area contributed by atoms with Crippen molar-refractivity contribution in [1.29, 1.82) is 0 Å². The molecule has 0 spiro atoms. The number of para-hydroxylation sites is 2. The molecule has 1 fully saturated rings. The van der Waals surface area contributed by atoms with E-state index in [1.807, 2.05) is 154 Å². The van der Waals surface area contributed by atoms with Gasteiger partial charge in [-0.3, -0.25) is 19.2 Å². The van der Waals surface area contributed by atoms with E-state index < -0.39 is 42.8 Å². The molecular formula is C66H69F2IN4O9. The van der Waals surface area contributed by atoms with Gasteiger partial charge in [-0.1, -0.05) is 125 Å². The fourth-order valence-corrected chi connectivity index (χ4v) is 10.7. The van der Waals surface area contributed by atoms with Crippen LogP contribution in [0, 0.1) is 11.6 Å². The molecule has 13 nitrogen and oxygen atoms in total. The van der Waals surface area contributed by atoms with Crippen LogP contribution in [0.15, 0.2) is 170 Å². The minimum absolute atomic E-state index is 0. The average molecular weight is 1230 g/mol. The zero-order valence-electron chi connectivity index (χ0n) is 46.2. The highest BCUT2D eigenvalue weighted by Gasteiger charge is 2.34. The van der Waals surface area contributed by atoms with E-state index in [1.165, 1.54) is 24.3 Å². The number of anilines is 2. The number of rotatable bonds is 20. The molecule has 6 aromatic carbocycles. The Kier molecular flexibility index (Phi) is 21.7. The number of nitrogens with zero attached hydrogens (tertiary/aromatic N) is 2. The Morgan fingerprint density at radius 1 is 0.585 bits per heavy atom. The fraction of sp³-hybridized carbons (Fsp3) is 0.273. The average Bonchev–Trinajstić information content (AvgIpc) is 3.78. The molecule has 428 valence electrons. The predicted octanol–water partition coefficient (Wildman–Crippen LogP) is 13.7. The highest BCUT2D eigenvalue weighted by Crippen LogP contribution is 2.45. The summed E-state index contributed by atoms with van der Waals surface area (Å²) in [7, 11) is 0. The van der Waals surface area contributed by atoms with Crippen LogP contribution in [0.3, 0.4) is 0 Å². The molecule has 1 aliphatic rings. The van der Waals surface area contributed by atoms with Gasteiger partial charge in [0.1, 0.15) is 17.7 Å². The van der Waals surface area contributed by atoms with Crippen molar-refractivity contribution in [3.8, 4) is 44.8 Å². The van der Waals surface area contributed by atoms with Crippen molar-refractivity contribution in [2.24, 2.45) is 0 Å². The number of ether oxygens (including phenoxy) is 1. The van der Waals surface area contributed by atoms with Crippen LogP contribution in [0.2, 0.25) is 0 Å². The summed E-state index contributed by atoms with van der Waals surface area (Å²) >= 11 is 0. The Balaban J connectivity index is 0.000000233. The summed E-state index contributed by atoms with van der Waals surface area (Å²) in [5, 5.41) is 46.0. The molecule has 9 rings (SSSR count). The van der Waals surface area contributed by atoms with Crippen molar-refractivity contribution in [1.82, 2.24) is 9.13 Å². The lowest BCUT2D eigenvalue weighted by Gasteiger charge is -2.27. The number of carbonyl (C=O) groups excluding carboxylic acids is 3. The zero-order chi connectivity index (χ0) is 57.7. The first-order valence-corrected chi connectivity index (χ1v) is 27.3. The maximum Gasteiger partial charge on any atom is 0.308 e. The second-order valence-corrected chi connectivity index (χ2v) is 20.9. The Labute approximate surface area is 493 Å². The Morgan fingerprint density at radius 3 is 1.38 bits per heavy atom. The van der Waals surface area contributed by atoms with Crippen LogP contribution in [0.25, 0.3) is 44.8 Å². The van der Waals surface area contributed by atoms with Crippen molar-refractivity contribution >= 4 is 59.1 Å². The third-order valence-corrected chi connectivity index (χ3v) is 14.1. The number of carbonyl (C=O) groups is 4. The first-order chi connectivity index (χ1) is 39.0. The van der Waals surface area contributed by atoms with E-state index in [1.54, 1.807) is 24.3 Å². The van der Waals surface area contributed by atoms with Crippen molar-refractivity contribution in [3.63, 3.8) is 0 Å². The Hall–Kier alpha value is -7.77. The number of carboxylic acid groups (broad SMARTS) is 1. The quantitative estimate of drug-likeness (QED) is 0.0318. The highest BCUT2D eigenvalue weighted by atomic mass is 127. The molecule has 1 unspecified atom stereocenters. The summed E-state index contributed by atoms with van der Waals surface area (Å²) < 4.78 is 37.7. The largest absolute Gasteiger partial charge is 0.481 e. The number of halogens is 3. The van der Waals surface area contributed by atoms with E-state index in [9.17, 15) is 43.3 Å². The van der Waals surface area contributed by atoms with Gasteiger partial charge in [0, 0.05) is 59.8 Å². The summed E-state index contributed by atoms with van der Waals surface area (Å²) in [5.41, 5.74) is 10.00. The fourth-order valence-electron chi connectivity index (χ4n) is 10.7. The molecular weight excluding hydrogens is 1160 g/mol. The van der Waals surface area contributed by atoms with Crippen molar-refractivity contribution in [2.75, 3.05) is 10.6 Å². The molecule has 0 radical (unpaired) electrons. The molecule has 3 heterocycles. The number of aliphatic hydroxyl groups is 3. The number of hydrogen-bond donors (Lipinski definition) is 6. The lowest BCUT2D eigenvalue weighted by atomic mass is 9.94.